The number of ether oxygens (including phenoxy) is 1. The smallest absolute Gasteiger partial charge is 0.377 e. The average molecular weight is 1540 g/mol. The van der Waals surface area contributed by atoms with Crippen molar-refractivity contribution >= 4 is 94.1 Å². The molecule has 1 spiro atoms. The van der Waals surface area contributed by atoms with E-state index in [4.69, 9.17) is 27.9 Å². The Balaban J connectivity index is 1.48. The summed E-state index contributed by atoms with van der Waals surface area (Å²) in [6.45, 7) is 9.90. The number of carbonyl (C=O) groups is 12. The number of unbranched alkanes of at least 4 members (excludes halogenated alkanes) is 3. The summed E-state index contributed by atoms with van der Waals surface area (Å²) >= 11 is 13.3. The fraction of sp³-hybridized carbons (Fsp3) is 0.816. The molecular weight excluding hydrogens is 1420 g/mol. The SMILES string of the molecule is CCCCCC[C@H]1C(=O)N[C@@H]([C@@H](C)CC)C(=O)N(C)CC(=O)N(C)[C@H]2C/C=C\CCN(C2=O)[C@@H](CC2CCC(C(F)(F)F)CC2)C(=O)N(C)CC(=O)N[C@@H](CCC2CCC(Cl)C(Cl)C2)C(=O)N2C[C@H](OCC)C[C@H]2C(=O)NC2(CCC2)C(=O)N(C)[C@@H](C(CC)CC)C(=O)N(C)[C@H](C(=O)N(C)C)CC(=O)N1C. The Morgan fingerprint density at radius 3 is 1.89 bits per heavy atom. The molecule has 6 aliphatic rings. The van der Waals surface area contributed by atoms with Crippen LogP contribution in [0.15, 0.2) is 12.2 Å². The van der Waals surface area contributed by atoms with Gasteiger partial charge in [-0.25, -0.2) is 0 Å². The monoisotopic (exact) mass is 1540 g/mol. The Morgan fingerprint density at radius 1 is 0.651 bits per heavy atom. The lowest BCUT2D eigenvalue weighted by molar-refractivity contribution is -0.184. The molecule has 25 nitrogen and oxygen atoms in total. The van der Waals surface area contributed by atoms with E-state index in [1.807, 2.05) is 27.7 Å². The Bertz CT molecular complexity index is 3080. The normalized spacial score (nSPS) is 30.5. The lowest BCUT2D eigenvalue weighted by Crippen LogP contribution is -2.68. The highest BCUT2D eigenvalue weighted by atomic mass is 35.5. The number of carbonyl (C=O) groups excluding carboxylic acids is 12. The number of hydrogen-bond acceptors (Lipinski definition) is 13. The van der Waals surface area contributed by atoms with Crippen LogP contribution in [0, 0.1) is 29.6 Å². The largest absolute Gasteiger partial charge is 0.391 e. The summed E-state index contributed by atoms with van der Waals surface area (Å²) in [7, 11) is 11.4. The van der Waals surface area contributed by atoms with Crippen LogP contribution in [-0.2, 0) is 62.3 Å². The van der Waals surface area contributed by atoms with Crippen molar-refractivity contribution in [1.82, 2.24) is 60.0 Å². The fourth-order valence-electron chi connectivity index (χ4n) is 16.4. The van der Waals surface area contributed by atoms with Gasteiger partial charge in [0.2, 0.25) is 70.9 Å². The summed E-state index contributed by atoms with van der Waals surface area (Å²) in [6.07, 6.45) is 4.90. The van der Waals surface area contributed by atoms with Gasteiger partial charge < -0.3 is 64.8 Å². The van der Waals surface area contributed by atoms with E-state index >= 15 is 38.4 Å². The van der Waals surface area contributed by atoms with Gasteiger partial charge in [-0.15, -0.1) is 23.2 Å². The molecule has 600 valence electrons. The topological polar surface area (TPSA) is 279 Å². The maximum Gasteiger partial charge on any atom is 0.391 e. The number of rotatable bonds is 18. The molecule has 3 aliphatic heterocycles. The molecule has 0 aromatic rings. The summed E-state index contributed by atoms with van der Waals surface area (Å²) in [5.41, 5.74) is -1.57. The molecule has 6 rings (SSSR count). The van der Waals surface area contributed by atoms with Gasteiger partial charge in [0, 0.05) is 87.9 Å². The van der Waals surface area contributed by atoms with Crippen LogP contribution < -0.4 is 16.0 Å². The van der Waals surface area contributed by atoms with Gasteiger partial charge in [0.15, 0.2) is 0 Å². The van der Waals surface area contributed by atoms with E-state index in [2.05, 4.69) is 16.0 Å². The van der Waals surface area contributed by atoms with E-state index in [0.29, 0.717) is 64.2 Å². The van der Waals surface area contributed by atoms with Gasteiger partial charge in [0.1, 0.15) is 53.9 Å². The minimum atomic E-state index is -4.44. The minimum absolute atomic E-state index is 0.000582. The zero-order chi connectivity index (χ0) is 78.8. The van der Waals surface area contributed by atoms with Crippen LogP contribution >= 0.6 is 23.2 Å². The predicted molar refractivity (Wildman–Crippen MR) is 397 cm³/mol. The molecule has 3 aliphatic carbocycles. The number of fused-ring (bicyclic) bond motifs is 3. The highest BCUT2D eigenvalue weighted by Gasteiger charge is 2.54. The number of halogens is 5. The van der Waals surface area contributed by atoms with E-state index in [9.17, 15) is 32.3 Å². The Labute approximate surface area is 636 Å². The first-order chi connectivity index (χ1) is 50.0. The Kier molecular flexibility index (Phi) is 33.8. The van der Waals surface area contributed by atoms with Crippen molar-refractivity contribution in [3.63, 3.8) is 0 Å². The fourth-order valence-corrected chi connectivity index (χ4v) is 17.0. The first-order valence-corrected chi connectivity index (χ1v) is 39.8. The van der Waals surface area contributed by atoms with Gasteiger partial charge in [-0.1, -0.05) is 91.7 Å². The van der Waals surface area contributed by atoms with Crippen molar-refractivity contribution in [3.8, 4) is 0 Å². The highest BCUT2D eigenvalue weighted by Crippen LogP contribution is 2.42. The third-order valence-electron chi connectivity index (χ3n) is 23.7. The van der Waals surface area contributed by atoms with Crippen LogP contribution in [0.5, 0.6) is 0 Å². The molecule has 5 fully saturated rings. The van der Waals surface area contributed by atoms with Crippen molar-refractivity contribution in [2.75, 3.05) is 89.2 Å². The van der Waals surface area contributed by atoms with E-state index in [0.717, 1.165) is 22.6 Å². The maximum atomic E-state index is 15.6. The maximum absolute atomic E-state index is 15.6. The summed E-state index contributed by atoms with van der Waals surface area (Å²) in [5, 5.41) is 8.22. The number of alkyl halides is 5. The van der Waals surface area contributed by atoms with Crippen LogP contribution in [0.2, 0.25) is 0 Å². The number of amides is 12. The van der Waals surface area contributed by atoms with E-state index in [1.165, 1.54) is 90.7 Å². The molecular formula is C76H123Cl2F3N12O13. The quantitative estimate of drug-likeness (QED) is 0.0692. The second-order valence-electron chi connectivity index (χ2n) is 31.2. The molecule has 12 amide bonds. The van der Waals surface area contributed by atoms with Crippen LogP contribution in [0.1, 0.15) is 202 Å². The lowest BCUT2D eigenvalue weighted by atomic mass is 9.74. The molecule has 3 saturated carbocycles. The first-order valence-electron chi connectivity index (χ1n) is 38.9. The van der Waals surface area contributed by atoms with Crippen molar-refractivity contribution in [2.24, 2.45) is 29.6 Å². The van der Waals surface area contributed by atoms with Crippen molar-refractivity contribution < 1.29 is 75.4 Å². The van der Waals surface area contributed by atoms with Gasteiger partial charge in [-0.05, 0) is 133 Å². The summed E-state index contributed by atoms with van der Waals surface area (Å²) < 4.78 is 48.6. The second kappa shape index (κ2) is 40.4. The summed E-state index contributed by atoms with van der Waals surface area (Å²) in [4.78, 5) is 193. The third-order valence-corrected chi connectivity index (χ3v) is 24.9. The number of nitrogens with zero attached hydrogens (tertiary/aromatic N) is 9. The molecule has 30 heteroatoms. The van der Waals surface area contributed by atoms with E-state index < -0.39 is 180 Å². The van der Waals surface area contributed by atoms with Crippen molar-refractivity contribution in [2.45, 2.75) is 279 Å². The Morgan fingerprint density at radius 2 is 1.30 bits per heavy atom. The highest BCUT2D eigenvalue weighted by molar-refractivity contribution is 6.30. The molecule has 2 bridgehead atoms. The Hall–Kier alpha value is -6.29. The zero-order valence-electron chi connectivity index (χ0n) is 65.3. The van der Waals surface area contributed by atoms with Crippen LogP contribution in [0.3, 0.4) is 0 Å². The first kappa shape index (κ1) is 88.6. The molecule has 0 aromatic heterocycles. The van der Waals surface area contributed by atoms with Gasteiger partial charge in [-0.3, -0.25) is 57.5 Å². The molecule has 3 N–H and O–H groups in total. The standard InChI is InChI=1S/C76H123Cl2F3N12O13/c1-15-20-21-23-27-56-66(97)83-64(47(6)16-2)72(103)87(10)46-63(96)89(12)57-28-24-22-25-39-92(71(57)102)60(41-49-29-33-51(34-30-49)76(79,80)81)70(101)86(9)45-61(94)82-55(36-32-48-31-35-53(77)54(78)40-48)68(99)93-44-52(106-19-5)42-58(93)67(98)84-75(37-26-38-75)74(105)91(14)65(50(17-3)18-4)73(104)90(13)59(69(100)85(7)8)43-62(95)88(56)11/h22,24,47-60,64-65H,15-21,23,25-46H2,1-14H3,(H,82,94)(H,83,97)(H,84,98)/b24-22-/t47-,48?,49?,51?,52+,53?,54?,55-,56-,57-,58-,59-,60-,64-,65-/m0/s1. The van der Waals surface area contributed by atoms with Crippen molar-refractivity contribution in [3.05, 3.63) is 12.2 Å². The third kappa shape index (κ3) is 22.5. The second-order valence-corrected chi connectivity index (χ2v) is 32.3. The van der Waals surface area contributed by atoms with Gasteiger partial charge in [0.05, 0.1) is 36.9 Å². The number of nitrogens with one attached hydrogen (secondary N) is 3. The van der Waals surface area contributed by atoms with Crippen LogP contribution in [-0.4, -0.2) is 281 Å². The molecule has 0 aromatic carbocycles. The van der Waals surface area contributed by atoms with Crippen molar-refractivity contribution in [1.29, 1.82) is 0 Å². The summed E-state index contributed by atoms with van der Waals surface area (Å²) in [5.74, 6) is -11.2. The van der Waals surface area contributed by atoms with Crippen LogP contribution in [0.25, 0.3) is 0 Å². The molecule has 106 heavy (non-hydrogen) atoms. The van der Waals surface area contributed by atoms with Gasteiger partial charge in [0.25, 0.3) is 0 Å². The molecule has 3 unspecified atom stereocenters. The number of likely N-dealkylation sites (N-methyl/N-ethyl adjacent to an activating group) is 7. The molecule has 0 radical (unpaired) electrons. The molecule has 3 heterocycles. The van der Waals surface area contributed by atoms with E-state index in [1.54, 1.807) is 26.0 Å². The minimum Gasteiger partial charge on any atom is -0.377 e. The number of hydrogen-bond donors (Lipinski definition) is 3. The summed E-state index contributed by atoms with van der Waals surface area (Å²) in [6, 6.07) is -10.3. The van der Waals surface area contributed by atoms with E-state index in [-0.39, 0.29) is 113 Å². The zero-order valence-corrected chi connectivity index (χ0v) is 66.8. The van der Waals surface area contributed by atoms with Gasteiger partial charge in [-0.2, -0.15) is 13.2 Å². The average Bonchev–Trinajstić information content (AvgIpc) is 1.23. The lowest BCUT2D eigenvalue weighted by Gasteiger charge is -2.47. The predicted octanol–water partition coefficient (Wildman–Crippen LogP) is 7.27. The van der Waals surface area contributed by atoms with Crippen LogP contribution in [0.4, 0.5) is 13.2 Å². The molecule has 2 saturated heterocycles. The van der Waals surface area contributed by atoms with Gasteiger partial charge >= 0.3 is 6.18 Å². The molecule has 13 atom stereocenters.